The number of halogens is 1. The first-order chi connectivity index (χ1) is 13.7. The number of aliphatic imine (C=N–C) groups is 1. The first kappa shape index (κ1) is 23.2. The maximum atomic E-state index is 11.8. The molecule has 0 atom stereocenters. The van der Waals surface area contributed by atoms with Gasteiger partial charge in [-0.2, -0.15) is 0 Å². The van der Waals surface area contributed by atoms with Gasteiger partial charge in [-0.3, -0.25) is 9.79 Å². The molecule has 0 saturated heterocycles. The van der Waals surface area contributed by atoms with Crippen LogP contribution in [-0.4, -0.2) is 32.5 Å². The van der Waals surface area contributed by atoms with Crippen LogP contribution in [0.1, 0.15) is 47.2 Å². The Kier molecular flexibility index (Phi) is 8.95. The van der Waals surface area contributed by atoms with Crippen molar-refractivity contribution in [2.24, 2.45) is 4.99 Å². The zero-order valence-corrected chi connectivity index (χ0v) is 19.5. The summed E-state index contributed by atoms with van der Waals surface area (Å²) in [4.78, 5) is 16.2. The summed E-state index contributed by atoms with van der Waals surface area (Å²) in [6, 6.07) is 18.5. The minimum Gasteiger partial charge on any atom is -0.356 e. The summed E-state index contributed by atoms with van der Waals surface area (Å²) in [6.45, 7) is 1.48. The highest BCUT2D eigenvalue weighted by Crippen LogP contribution is 2.40. The maximum absolute atomic E-state index is 11.8. The van der Waals surface area contributed by atoms with Crippen molar-refractivity contribution in [3.05, 3.63) is 71.3 Å². The molecule has 3 N–H and O–H groups in total. The molecule has 156 valence electrons. The number of carbonyl (C=O) groups excluding carboxylic acids is 1. The lowest BCUT2D eigenvalue weighted by molar-refractivity contribution is 0.0963. The van der Waals surface area contributed by atoms with Crippen LogP contribution >= 0.6 is 24.0 Å². The third-order valence-corrected chi connectivity index (χ3v) is 5.64. The summed E-state index contributed by atoms with van der Waals surface area (Å²) in [5.41, 5.74) is 3.30. The minimum absolute atomic E-state index is 0. The number of hydrogen-bond acceptors (Lipinski definition) is 2. The van der Waals surface area contributed by atoms with Crippen LogP contribution < -0.4 is 16.0 Å². The van der Waals surface area contributed by atoms with Crippen molar-refractivity contribution in [2.45, 2.75) is 37.6 Å². The number of hydrogen-bond donors (Lipinski definition) is 3. The van der Waals surface area contributed by atoms with E-state index in [4.69, 9.17) is 0 Å². The summed E-state index contributed by atoms with van der Waals surface area (Å²) in [5, 5.41) is 9.56. The number of rotatable bonds is 6. The first-order valence-electron chi connectivity index (χ1n) is 9.98. The van der Waals surface area contributed by atoms with Crippen LogP contribution in [0.15, 0.2) is 59.6 Å². The molecule has 0 spiro atoms. The van der Waals surface area contributed by atoms with Crippen LogP contribution in [0.3, 0.4) is 0 Å². The molecule has 0 heterocycles. The fourth-order valence-electron chi connectivity index (χ4n) is 4.04. The fraction of sp³-hybridized carbons (Fsp3) is 0.391. The van der Waals surface area contributed by atoms with Gasteiger partial charge in [-0.05, 0) is 36.1 Å². The van der Waals surface area contributed by atoms with Crippen molar-refractivity contribution in [2.75, 3.05) is 20.6 Å². The van der Waals surface area contributed by atoms with Gasteiger partial charge >= 0.3 is 0 Å². The van der Waals surface area contributed by atoms with Crippen molar-refractivity contribution in [1.29, 1.82) is 0 Å². The molecular weight excluding hydrogens is 475 g/mol. The number of guanidine groups is 1. The quantitative estimate of drug-likeness (QED) is 0.317. The lowest BCUT2D eigenvalue weighted by Crippen LogP contribution is -2.44. The molecule has 0 aromatic heterocycles. The Balaban J connectivity index is 0.00000300. The van der Waals surface area contributed by atoms with Crippen LogP contribution in [0, 0.1) is 0 Å². The fourth-order valence-corrected chi connectivity index (χ4v) is 4.04. The average Bonchev–Trinajstić information content (AvgIpc) is 3.24. The van der Waals surface area contributed by atoms with E-state index < -0.39 is 0 Å². The molecule has 1 aliphatic rings. The topological polar surface area (TPSA) is 65.5 Å². The number of benzene rings is 2. The Labute approximate surface area is 190 Å². The standard InChI is InChI=1S/C23H30N4O.HI/c1-24-21(28)19-10-8-9-18(15-19)16-26-22(25-2)27-17-23(13-6-7-14-23)20-11-4-3-5-12-20;/h3-5,8-12,15H,6-7,13-14,16-17H2,1-2H3,(H,24,28)(H2,25,26,27);1H. The number of nitrogens with zero attached hydrogens (tertiary/aromatic N) is 1. The van der Waals surface area contributed by atoms with Gasteiger partial charge in [0.2, 0.25) is 0 Å². The lowest BCUT2D eigenvalue weighted by Gasteiger charge is -2.30. The smallest absolute Gasteiger partial charge is 0.251 e. The molecule has 0 aliphatic heterocycles. The second-order valence-corrected chi connectivity index (χ2v) is 7.41. The maximum Gasteiger partial charge on any atom is 0.251 e. The van der Waals surface area contributed by atoms with E-state index in [1.54, 1.807) is 14.1 Å². The Morgan fingerprint density at radius 3 is 2.41 bits per heavy atom. The molecule has 2 aromatic carbocycles. The lowest BCUT2D eigenvalue weighted by atomic mass is 9.79. The molecule has 6 heteroatoms. The van der Waals surface area contributed by atoms with Crippen LogP contribution in [-0.2, 0) is 12.0 Å². The summed E-state index contributed by atoms with van der Waals surface area (Å²) in [5.74, 6) is 0.711. The van der Waals surface area contributed by atoms with Gasteiger partial charge in [0.15, 0.2) is 5.96 Å². The molecule has 0 unspecified atom stereocenters. The summed E-state index contributed by atoms with van der Waals surface area (Å²) < 4.78 is 0. The normalized spacial score (nSPS) is 15.3. The van der Waals surface area contributed by atoms with E-state index in [9.17, 15) is 4.79 Å². The van der Waals surface area contributed by atoms with Gasteiger partial charge in [0.1, 0.15) is 0 Å². The zero-order chi connectivity index (χ0) is 19.8. The van der Waals surface area contributed by atoms with Crippen LogP contribution in [0.2, 0.25) is 0 Å². The summed E-state index contributed by atoms with van der Waals surface area (Å²) in [7, 11) is 3.44. The highest BCUT2D eigenvalue weighted by molar-refractivity contribution is 14.0. The predicted octanol–water partition coefficient (Wildman–Crippen LogP) is 3.84. The first-order valence-corrected chi connectivity index (χ1v) is 9.98. The number of nitrogens with one attached hydrogen (secondary N) is 3. The Morgan fingerprint density at radius 2 is 1.76 bits per heavy atom. The van der Waals surface area contributed by atoms with E-state index in [1.807, 2.05) is 24.3 Å². The molecule has 0 radical (unpaired) electrons. The molecule has 5 nitrogen and oxygen atoms in total. The van der Waals surface area contributed by atoms with E-state index in [0.29, 0.717) is 12.1 Å². The van der Waals surface area contributed by atoms with E-state index in [0.717, 1.165) is 18.1 Å². The summed E-state index contributed by atoms with van der Waals surface area (Å²) >= 11 is 0. The number of amides is 1. The predicted molar refractivity (Wildman–Crippen MR) is 130 cm³/mol. The van der Waals surface area contributed by atoms with Crippen molar-refractivity contribution in [3.63, 3.8) is 0 Å². The van der Waals surface area contributed by atoms with Crippen molar-refractivity contribution in [3.8, 4) is 0 Å². The minimum atomic E-state index is -0.0737. The molecule has 1 amide bonds. The third kappa shape index (κ3) is 5.95. The van der Waals surface area contributed by atoms with Gasteiger partial charge in [-0.15, -0.1) is 24.0 Å². The van der Waals surface area contributed by atoms with E-state index in [2.05, 4.69) is 51.3 Å². The van der Waals surface area contributed by atoms with Gasteiger partial charge < -0.3 is 16.0 Å². The monoisotopic (exact) mass is 506 g/mol. The number of carbonyl (C=O) groups is 1. The molecule has 1 saturated carbocycles. The van der Waals surface area contributed by atoms with Crippen LogP contribution in [0.4, 0.5) is 0 Å². The Morgan fingerprint density at radius 1 is 1.03 bits per heavy atom. The molecule has 2 aromatic rings. The van der Waals surface area contributed by atoms with Gasteiger partial charge in [-0.1, -0.05) is 55.3 Å². The molecule has 3 rings (SSSR count). The average molecular weight is 506 g/mol. The second kappa shape index (κ2) is 11.2. The van der Waals surface area contributed by atoms with Crippen LogP contribution in [0.25, 0.3) is 0 Å². The highest BCUT2D eigenvalue weighted by Gasteiger charge is 2.35. The largest absolute Gasteiger partial charge is 0.356 e. The molecule has 1 aliphatic carbocycles. The van der Waals surface area contributed by atoms with Crippen molar-refractivity contribution >= 4 is 35.8 Å². The van der Waals surface area contributed by atoms with Crippen molar-refractivity contribution in [1.82, 2.24) is 16.0 Å². The van der Waals surface area contributed by atoms with E-state index in [1.165, 1.54) is 31.2 Å². The van der Waals surface area contributed by atoms with E-state index in [-0.39, 0.29) is 35.3 Å². The molecule has 0 bridgehead atoms. The SMILES string of the molecule is CN=C(NCc1cccc(C(=O)NC)c1)NCC1(c2ccccc2)CCCC1.I. The third-order valence-electron chi connectivity index (χ3n) is 5.64. The van der Waals surface area contributed by atoms with Crippen molar-refractivity contribution < 1.29 is 4.79 Å². The zero-order valence-electron chi connectivity index (χ0n) is 17.2. The van der Waals surface area contributed by atoms with Gasteiger partial charge in [0.05, 0.1) is 0 Å². The molecule has 1 fully saturated rings. The second-order valence-electron chi connectivity index (χ2n) is 7.41. The Bertz CT molecular complexity index is 817. The molecule has 29 heavy (non-hydrogen) atoms. The van der Waals surface area contributed by atoms with Gasteiger partial charge in [0.25, 0.3) is 5.91 Å². The summed E-state index contributed by atoms with van der Waals surface area (Å²) in [6.07, 6.45) is 4.95. The van der Waals surface area contributed by atoms with Gasteiger partial charge in [0, 0.05) is 38.2 Å². The van der Waals surface area contributed by atoms with Gasteiger partial charge in [-0.25, -0.2) is 0 Å². The van der Waals surface area contributed by atoms with Crippen LogP contribution in [0.5, 0.6) is 0 Å². The molecular formula is C23H31IN4O. The van der Waals surface area contributed by atoms with E-state index >= 15 is 0 Å². The highest BCUT2D eigenvalue weighted by atomic mass is 127. The Hall–Kier alpha value is -2.09.